The number of amides is 1. The summed E-state index contributed by atoms with van der Waals surface area (Å²) in [5, 5.41) is 3.31. The quantitative estimate of drug-likeness (QED) is 0.694. The van der Waals surface area contributed by atoms with Crippen molar-refractivity contribution in [3.63, 3.8) is 0 Å². The largest absolute Gasteiger partial charge is 0.323 e. The molecule has 1 aromatic carbocycles. The summed E-state index contributed by atoms with van der Waals surface area (Å²) in [6.07, 6.45) is -2.05. The van der Waals surface area contributed by atoms with E-state index in [2.05, 4.69) is 5.32 Å². The zero-order valence-corrected chi connectivity index (χ0v) is 14.1. The van der Waals surface area contributed by atoms with Crippen LogP contribution in [0.5, 0.6) is 0 Å². The Kier molecular flexibility index (Phi) is 6.05. The second kappa shape index (κ2) is 7.61. The molecule has 0 spiro atoms. The summed E-state index contributed by atoms with van der Waals surface area (Å²) in [6.45, 7) is 0. The Morgan fingerprint density at radius 1 is 1.18 bits per heavy atom. The smallest absolute Gasteiger partial charge is 0.264 e. The van der Waals surface area contributed by atoms with Crippen molar-refractivity contribution in [1.29, 1.82) is 0 Å². The molecule has 22 heavy (non-hydrogen) atoms. The topological polar surface area (TPSA) is 90.4 Å². The Morgan fingerprint density at radius 3 is 2.55 bits per heavy atom. The molecule has 0 aliphatic rings. The number of halogens is 3. The van der Waals surface area contributed by atoms with Gasteiger partial charge in [-0.15, -0.1) is 11.3 Å². The Balaban J connectivity index is 1.97. The fraction of sp³-hybridized carbons (Fsp3) is 0.154. The number of nitrogens with two attached hydrogens (primary N) is 2. The molecule has 1 amide bonds. The third-order valence-electron chi connectivity index (χ3n) is 2.63. The van der Waals surface area contributed by atoms with Crippen molar-refractivity contribution in [2.45, 2.75) is 12.6 Å². The monoisotopic (exact) mass is 379 g/mol. The van der Waals surface area contributed by atoms with Crippen LogP contribution in [0.1, 0.15) is 21.5 Å². The second-order valence-electron chi connectivity index (χ2n) is 4.22. The van der Waals surface area contributed by atoms with Crippen LogP contribution in [-0.2, 0) is 4.74 Å². The zero-order chi connectivity index (χ0) is 16.3. The van der Waals surface area contributed by atoms with Crippen LogP contribution < -0.4 is 16.8 Å². The van der Waals surface area contributed by atoms with E-state index >= 15 is 0 Å². The zero-order valence-electron chi connectivity index (χ0n) is 11.1. The highest BCUT2D eigenvalue weighted by molar-refractivity contribution is 7.17. The highest BCUT2D eigenvalue weighted by atomic mass is 35.5. The van der Waals surface area contributed by atoms with Crippen LogP contribution in [0.2, 0.25) is 14.4 Å². The van der Waals surface area contributed by atoms with E-state index in [1.54, 1.807) is 30.3 Å². The molecule has 118 valence electrons. The summed E-state index contributed by atoms with van der Waals surface area (Å²) >= 11 is 18.8. The number of carbonyl (C=O) groups excluding carboxylic acids is 1. The van der Waals surface area contributed by atoms with Crippen LogP contribution >= 0.6 is 46.1 Å². The SMILES string of the molecule is NC(NC(=O)c1ccc(Cl)s1)OC(N)c1cc(Cl)ccc1Cl. The highest BCUT2D eigenvalue weighted by Gasteiger charge is 2.18. The third-order valence-corrected chi connectivity index (χ3v) is 4.44. The molecular formula is C13H12Cl3N3O2S. The number of ether oxygens (including phenoxy) is 1. The van der Waals surface area contributed by atoms with Gasteiger partial charge in [0.1, 0.15) is 6.23 Å². The van der Waals surface area contributed by atoms with Crippen molar-refractivity contribution in [2.24, 2.45) is 11.5 Å². The standard InChI is InChI=1S/C13H12Cl3N3O2S/c14-6-1-2-8(15)7(5-6)11(17)21-13(18)19-12(20)9-3-4-10(16)22-9/h1-5,11,13H,17-18H2,(H,19,20). The van der Waals surface area contributed by atoms with Crippen LogP contribution in [0.3, 0.4) is 0 Å². The minimum atomic E-state index is -1.11. The predicted octanol–water partition coefficient (Wildman–Crippen LogP) is 3.35. The lowest BCUT2D eigenvalue weighted by Crippen LogP contribution is -2.45. The lowest BCUT2D eigenvalue weighted by atomic mass is 10.2. The van der Waals surface area contributed by atoms with Crippen molar-refractivity contribution in [2.75, 3.05) is 0 Å². The Hall–Kier alpha value is -0.860. The van der Waals surface area contributed by atoms with E-state index in [0.717, 1.165) is 11.3 Å². The van der Waals surface area contributed by atoms with Crippen molar-refractivity contribution >= 4 is 52.0 Å². The number of nitrogens with one attached hydrogen (secondary N) is 1. The fourth-order valence-corrected chi connectivity index (χ4v) is 2.99. The van der Waals surface area contributed by atoms with Crippen molar-refractivity contribution in [3.8, 4) is 0 Å². The Labute approximate surface area is 146 Å². The third kappa shape index (κ3) is 4.57. The molecule has 0 saturated heterocycles. The van der Waals surface area contributed by atoms with E-state index in [-0.39, 0.29) is 0 Å². The number of thiophene rings is 1. The van der Waals surface area contributed by atoms with Crippen molar-refractivity contribution in [3.05, 3.63) is 55.2 Å². The van der Waals surface area contributed by atoms with Gasteiger partial charge in [0.25, 0.3) is 5.91 Å². The maximum Gasteiger partial charge on any atom is 0.264 e. The van der Waals surface area contributed by atoms with Gasteiger partial charge in [-0.2, -0.15) is 0 Å². The van der Waals surface area contributed by atoms with Crippen molar-refractivity contribution in [1.82, 2.24) is 5.32 Å². The second-order valence-corrected chi connectivity index (χ2v) is 6.78. The Morgan fingerprint density at radius 2 is 1.91 bits per heavy atom. The summed E-state index contributed by atoms with van der Waals surface area (Å²) in [6, 6.07) is 8.00. The molecule has 0 saturated carbocycles. The van der Waals surface area contributed by atoms with Gasteiger partial charge < -0.3 is 15.8 Å². The molecule has 2 rings (SSSR count). The normalized spacial score (nSPS) is 13.7. The number of benzene rings is 1. The van der Waals surface area contributed by atoms with E-state index in [0.29, 0.717) is 24.8 Å². The number of hydrogen-bond donors (Lipinski definition) is 3. The summed E-state index contributed by atoms with van der Waals surface area (Å²) < 4.78 is 5.83. The molecule has 5 nitrogen and oxygen atoms in total. The van der Waals surface area contributed by atoms with E-state index in [9.17, 15) is 4.79 Å². The molecule has 2 aromatic rings. The van der Waals surface area contributed by atoms with Gasteiger partial charge in [-0.05, 0) is 30.3 Å². The van der Waals surface area contributed by atoms with Gasteiger partial charge in [0.2, 0.25) is 0 Å². The van der Waals surface area contributed by atoms with Gasteiger partial charge in [0, 0.05) is 15.6 Å². The molecule has 2 unspecified atom stereocenters. The summed E-state index contributed by atoms with van der Waals surface area (Å²) in [4.78, 5) is 12.3. The first kappa shape index (κ1) is 17.5. The van der Waals surface area contributed by atoms with Crippen LogP contribution in [-0.4, -0.2) is 12.3 Å². The van der Waals surface area contributed by atoms with Gasteiger partial charge in [0.15, 0.2) is 6.35 Å². The molecule has 0 aliphatic carbocycles. The number of hydrogen-bond acceptors (Lipinski definition) is 5. The van der Waals surface area contributed by atoms with Crippen molar-refractivity contribution < 1.29 is 9.53 Å². The number of carbonyl (C=O) groups is 1. The molecule has 2 atom stereocenters. The maximum absolute atomic E-state index is 11.9. The van der Waals surface area contributed by atoms with E-state index in [4.69, 9.17) is 51.0 Å². The van der Waals surface area contributed by atoms with Crippen LogP contribution in [0.4, 0.5) is 0 Å². The molecule has 9 heteroatoms. The van der Waals surface area contributed by atoms with Gasteiger partial charge in [-0.1, -0.05) is 34.8 Å². The van der Waals surface area contributed by atoms with Gasteiger partial charge in [-0.25, -0.2) is 0 Å². The van der Waals surface area contributed by atoms with Crippen LogP contribution in [0, 0.1) is 0 Å². The minimum absolute atomic E-state index is 0.389. The molecule has 0 radical (unpaired) electrons. The molecule has 0 fully saturated rings. The van der Waals surface area contributed by atoms with E-state index < -0.39 is 18.5 Å². The predicted molar refractivity (Wildman–Crippen MR) is 89.2 cm³/mol. The summed E-state index contributed by atoms with van der Waals surface area (Å²) in [5.41, 5.74) is 12.0. The molecule has 0 bridgehead atoms. The first-order valence-electron chi connectivity index (χ1n) is 6.04. The molecular weight excluding hydrogens is 369 g/mol. The van der Waals surface area contributed by atoms with Gasteiger partial charge >= 0.3 is 0 Å². The minimum Gasteiger partial charge on any atom is -0.323 e. The number of rotatable bonds is 5. The molecule has 1 aromatic heterocycles. The summed E-state index contributed by atoms with van der Waals surface area (Å²) in [7, 11) is 0. The van der Waals surface area contributed by atoms with Gasteiger partial charge in [0.05, 0.1) is 9.21 Å². The average Bonchev–Trinajstić information content (AvgIpc) is 2.88. The first-order valence-corrected chi connectivity index (χ1v) is 7.99. The van der Waals surface area contributed by atoms with E-state index in [1.165, 1.54) is 0 Å². The molecule has 0 aliphatic heterocycles. The molecule has 5 N–H and O–H groups in total. The summed E-state index contributed by atoms with van der Waals surface area (Å²) in [5.74, 6) is -0.409. The van der Waals surface area contributed by atoms with Crippen LogP contribution in [0.15, 0.2) is 30.3 Å². The lowest BCUT2D eigenvalue weighted by molar-refractivity contribution is -0.0214. The highest BCUT2D eigenvalue weighted by Crippen LogP contribution is 2.26. The Bertz CT molecular complexity index is 680. The average molecular weight is 381 g/mol. The first-order chi connectivity index (χ1) is 10.4. The van der Waals surface area contributed by atoms with Gasteiger partial charge in [-0.3, -0.25) is 10.5 Å². The molecule has 1 heterocycles. The van der Waals surface area contributed by atoms with Crippen LogP contribution in [0.25, 0.3) is 0 Å². The van der Waals surface area contributed by atoms with E-state index in [1.807, 2.05) is 0 Å². The fourth-order valence-electron chi connectivity index (χ4n) is 1.63. The maximum atomic E-state index is 11.9. The lowest BCUT2D eigenvalue weighted by Gasteiger charge is -2.20.